The Labute approximate surface area is 260 Å². The molecule has 2 aromatic carbocycles. The molecule has 2 N–H and O–H groups in total. The van der Waals surface area contributed by atoms with Crippen LogP contribution in [0.25, 0.3) is 28.1 Å². The minimum absolute atomic E-state index is 0.0273. The second kappa shape index (κ2) is 11.3. The van der Waals surface area contributed by atoms with Crippen LogP contribution in [0.15, 0.2) is 48.8 Å². The van der Waals surface area contributed by atoms with Crippen molar-refractivity contribution in [3.63, 3.8) is 0 Å². The molecular formula is C32H32Cl2N6O3. The summed E-state index contributed by atoms with van der Waals surface area (Å²) in [5.74, 6) is -0.0226. The van der Waals surface area contributed by atoms with E-state index < -0.39 is 5.91 Å². The van der Waals surface area contributed by atoms with Gasteiger partial charge in [-0.25, -0.2) is 4.68 Å². The number of carbonyl (C=O) groups excluding carboxylic acids is 2. The molecule has 1 saturated heterocycles. The molecule has 2 amide bonds. The largest absolute Gasteiger partial charge is 0.496 e. The Morgan fingerprint density at radius 3 is 2.30 bits per heavy atom. The van der Waals surface area contributed by atoms with Crippen molar-refractivity contribution in [3.05, 3.63) is 81.2 Å². The van der Waals surface area contributed by atoms with Crippen molar-refractivity contribution in [2.45, 2.75) is 38.8 Å². The fraction of sp³-hybridized carbons (Fsp3) is 0.312. The van der Waals surface area contributed by atoms with E-state index >= 15 is 0 Å². The van der Waals surface area contributed by atoms with Crippen molar-refractivity contribution in [3.8, 4) is 33.8 Å². The molecule has 0 radical (unpaired) electrons. The van der Waals surface area contributed by atoms with Crippen molar-refractivity contribution in [1.82, 2.24) is 24.6 Å². The van der Waals surface area contributed by atoms with Crippen molar-refractivity contribution in [1.29, 1.82) is 0 Å². The summed E-state index contributed by atoms with van der Waals surface area (Å²) in [6.45, 7) is 5.72. The molecule has 1 aliphatic carbocycles. The van der Waals surface area contributed by atoms with Gasteiger partial charge in [-0.15, -0.1) is 0 Å². The van der Waals surface area contributed by atoms with E-state index in [2.05, 4.69) is 30.8 Å². The first-order valence-electron chi connectivity index (χ1n) is 14.1. The predicted molar refractivity (Wildman–Crippen MR) is 167 cm³/mol. The maximum atomic E-state index is 14.3. The minimum Gasteiger partial charge on any atom is -0.496 e. The molecule has 1 aliphatic heterocycles. The van der Waals surface area contributed by atoms with Gasteiger partial charge in [0.05, 0.1) is 24.1 Å². The lowest BCUT2D eigenvalue weighted by atomic mass is 9.86. The lowest BCUT2D eigenvalue weighted by molar-refractivity contribution is 0.0343. The van der Waals surface area contributed by atoms with E-state index in [0.717, 1.165) is 41.0 Å². The van der Waals surface area contributed by atoms with Gasteiger partial charge in [-0.05, 0) is 75.7 Å². The lowest BCUT2D eigenvalue weighted by Gasteiger charge is -2.43. The molecule has 0 bridgehead atoms. The van der Waals surface area contributed by atoms with E-state index in [4.69, 9.17) is 38.8 Å². The number of hydrogen-bond donors (Lipinski definition) is 1. The van der Waals surface area contributed by atoms with Gasteiger partial charge in [-0.2, -0.15) is 5.10 Å². The number of aryl methyl sites for hydroxylation is 1. The first kappa shape index (κ1) is 29.2. The Morgan fingerprint density at radius 1 is 0.953 bits per heavy atom. The van der Waals surface area contributed by atoms with Crippen LogP contribution in [0.1, 0.15) is 45.8 Å². The summed E-state index contributed by atoms with van der Waals surface area (Å²) < 4.78 is 7.57. The van der Waals surface area contributed by atoms with Crippen LogP contribution in [0, 0.1) is 0 Å². The molecule has 222 valence electrons. The highest BCUT2D eigenvalue weighted by atomic mass is 35.5. The number of methoxy groups -OCH3 is 1. The third-order valence-electron chi connectivity index (χ3n) is 8.27. The van der Waals surface area contributed by atoms with Gasteiger partial charge >= 0.3 is 0 Å². The SMILES string of the molecule is COc1cc2c(cc1-c1cncc(C(N)=O)c1)-c1c(c(C(=O)N3[C@H](C)CN(C)C[C@@H]3C)nn1-c1cc(Cl)cc(Cl)c1)CC2. The standard InChI is InChI=1S/C32H32Cl2N6O3/c1-17-15-38(3)16-18(2)39(17)32(42)29-25-6-5-19-8-28(43-4)26(20-7-21(31(35)41)14-36-13-20)12-27(19)30(25)40(37-29)24-10-22(33)9-23(34)11-24/h7-14,17-18H,5-6,15-16H2,1-4H3,(H2,35,41)/t17-,18+. The maximum absolute atomic E-state index is 14.3. The molecule has 11 heteroatoms. The van der Waals surface area contributed by atoms with E-state index in [9.17, 15) is 9.59 Å². The molecule has 6 rings (SSSR count). The number of halogens is 2. The molecule has 2 aliphatic rings. The number of nitrogens with zero attached hydrogens (tertiary/aromatic N) is 5. The Morgan fingerprint density at radius 2 is 1.65 bits per heavy atom. The van der Waals surface area contributed by atoms with E-state index in [1.54, 1.807) is 42.3 Å². The third kappa shape index (κ3) is 5.26. The number of piperazine rings is 1. The van der Waals surface area contributed by atoms with Crippen LogP contribution < -0.4 is 10.5 Å². The number of pyridine rings is 1. The third-order valence-corrected chi connectivity index (χ3v) is 8.71. The van der Waals surface area contributed by atoms with Crippen LogP contribution in [0.3, 0.4) is 0 Å². The summed E-state index contributed by atoms with van der Waals surface area (Å²) >= 11 is 12.9. The molecule has 4 aromatic rings. The van der Waals surface area contributed by atoms with Gasteiger partial charge in [0.2, 0.25) is 5.91 Å². The lowest BCUT2D eigenvalue weighted by Crippen LogP contribution is -2.57. The average Bonchev–Trinajstić information content (AvgIpc) is 3.36. The maximum Gasteiger partial charge on any atom is 0.275 e. The zero-order valence-electron chi connectivity index (χ0n) is 24.4. The number of hydrogen-bond acceptors (Lipinski definition) is 6. The average molecular weight is 620 g/mol. The highest BCUT2D eigenvalue weighted by Crippen LogP contribution is 2.43. The van der Waals surface area contributed by atoms with Gasteiger partial charge < -0.3 is 20.3 Å². The normalized spacial score (nSPS) is 18.2. The molecule has 3 heterocycles. The number of benzene rings is 2. The Balaban J connectivity index is 1.58. The van der Waals surface area contributed by atoms with Gasteiger partial charge in [0.15, 0.2) is 5.69 Å². The van der Waals surface area contributed by atoms with Gasteiger partial charge in [-0.1, -0.05) is 23.2 Å². The van der Waals surface area contributed by atoms with Crippen LogP contribution in [0.4, 0.5) is 0 Å². The van der Waals surface area contributed by atoms with E-state index in [1.165, 1.54) is 6.20 Å². The van der Waals surface area contributed by atoms with E-state index in [1.807, 2.05) is 17.0 Å². The van der Waals surface area contributed by atoms with Crippen LogP contribution in [0.5, 0.6) is 5.75 Å². The van der Waals surface area contributed by atoms with Gasteiger partial charge in [0.1, 0.15) is 5.75 Å². The number of ether oxygens (including phenoxy) is 1. The second-order valence-corrected chi connectivity index (χ2v) is 12.3. The molecule has 2 atom stereocenters. The number of amides is 2. The smallest absolute Gasteiger partial charge is 0.275 e. The van der Waals surface area contributed by atoms with E-state index in [0.29, 0.717) is 51.1 Å². The van der Waals surface area contributed by atoms with E-state index in [-0.39, 0.29) is 18.0 Å². The molecule has 1 fully saturated rings. The second-order valence-electron chi connectivity index (χ2n) is 11.4. The van der Waals surface area contributed by atoms with Gasteiger partial charge in [0, 0.05) is 69.9 Å². The first-order valence-corrected chi connectivity index (χ1v) is 14.9. The number of rotatable bonds is 5. The Kier molecular flexibility index (Phi) is 7.66. The molecular weight excluding hydrogens is 587 g/mol. The minimum atomic E-state index is -0.569. The Hall–Kier alpha value is -3.92. The summed E-state index contributed by atoms with van der Waals surface area (Å²) in [6.07, 6.45) is 4.41. The van der Waals surface area contributed by atoms with Gasteiger partial charge in [0.25, 0.3) is 5.91 Å². The van der Waals surface area contributed by atoms with Crippen molar-refractivity contribution < 1.29 is 14.3 Å². The molecule has 2 aromatic heterocycles. The topological polar surface area (TPSA) is 107 Å². The van der Waals surface area contributed by atoms with Gasteiger partial charge in [-0.3, -0.25) is 14.6 Å². The predicted octanol–water partition coefficient (Wildman–Crippen LogP) is 5.28. The summed E-state index contributed by atoms with van der Waals surface area (Å²) in [6, 6.07) is 11.0. The van der Waals surface area contributed by atoms with Crippen molar-refractivity contribution in [2.75, 3.05) is 27.2 Å². The summed E-state index contributed by atoms with van der Waals surface area (Å²) in [7, 11) is 3.68. The number of primary amides is 1. The van der Waals surface area contributed by atoms with Crippen LogP contribution in [0.2, 0.25) is 10.0 Å². The summed E-state index contributed by atoms with van der Waals surface area (Å²) in [4.78, 5) is 34.7. The molecule has 0 spiro atoms. The highest BCUT2D eigenvalue weighted by Gasteiger charge is 2.37. The molecule has 0 saturated carbocycles. The fourth-order valence-electron chi connectivity index (χ4n) is 6.52. The zero-order chi connectivity index (χ0) is 30.6. The first-order chi connectivity index (χ1) is 20.5. The number of nitrogens with two attached hydrogens (primary N) is 1. The molecule has 0 unspecified atom stereocenters. The van der Waals surface area contributed by atoms with Crippen molar-refractivity contribution >= 4 is 35.0 Å². The van der Waals surface area contributed by atoms with Crippen LogP contribution in [-0.4, -0.2) is 75.7 Å². The number of carbonyl (C=O) groups is 2. The Bertz CT molecular complexity index is 1740. The quantitative estimate of drug-likeness (QED) is 0.326. The van der Waals surface area contributed by atoms with Crippen LogP contribution >= 0.6 is 23.2 Å². The fourth-order valence-corrected chi connectivity index (χ4v) is 7.03. The van der Waals surface area contributed by atoms with Crippen molar-refractivity contribution in [2.24, 2.45) is 5.73 Å². The molecule has 9 nitrogen and oxygen atoms in total. The zero-order valence-corrected chi connectivity index (χ0v) is 25.9. The molecule has 43 heavy (non-hydrogen) atoms. The number of likely N-dealkylation sites (N-methyl/N-ethyl adjacent to an activating group) is 1. The highest BCUT2D eigenvalue weighted by molar-refractivity contribution is 6.34. The monoisotopic (exact) mass is 618 g/mol. The summed E-state index contributed by atoms with van der Waals surface area (Å²) in [5.41, 5.74) is 11.9. The number of aromatic nitrogens is 3. The summed E-state index contributed by atoms with van der Waals surface area (Å²) in [5, 5.41) is 5.90. The number of fused-ring (bicyclic) bond motifs is 3. The van der Waals surface area contributed by atoms with Crippen LogP contribution in [-0.2, 0) is 12.8 Å².